The van der Waals surface area contributed by atoms with Crippen LogP contribution in [0.25, 0.3) is 6.08 Å². The van der Waals surface area contributed by atoms with Crippen molar-refractivity contribution < 1.29 is 48.5 Å². The third-order valence-corrected chi connectivity index (χ3v) is 3.85. The van der Waals surface area contributed by atoms with Gasteiger partial charge in [-0.1, -0.05) is 5.16 Å². The van der Waals surface area contributed by atoms with Gasteiger partial charge in [-0.05, 0) is 18.2 Å². The third kappa shape index (κ3) is 4.20. The fourth-order valence-corrected chi connectivity index (χ4v) is 2.09. The molecule has 1 aliphatic heterocycles. The van der Waals surface area contributed by atoms with Gasteiger partial charge < -0.3 is 9.47 Å². The maximum absolute atomic E-state index is 13.1. The molecule has 0 saturated carbocycles. The molecular weight excluding hydrogens is 396 g/mol. The number of methoxy groups -OCH3 is 1. The Morgan fingerprint density at radius 3 is 2.38 bits per heavy atom. The molecule has 1 aromatic carbocycles. The van der Waals surface area contributed by atoms with Crippen LogP contribution in [0.2, 0.25) is 0 Å². The van der Waals surface area contributed by atoms with E-state index in [0.29, 0.717) is 5.75 Å². The SMILES string of the molecule is COc1ccc2c(c1)OCC(/C(=N\OS(=O)(=O)C(F)(F)F)C(F)(F)F)=C2. The molecule has 0 fully saturated rings. The Labute approximate surface area is 142 Å². The van der Waals surface area contributed by atoms with E-state index in [1.807, 2.05) is 0 Å². The molecule has 0 aromatic heterocycles. The van der Waals surface area contributed by atoms with Gasteiger partial charge in [0, 0.05) is 17.2 Å². The van der Waals surface area contributed by atoms with Crippen LogP contribution in [0.5, 0.6) is 11.5 Å². The summed E-state index contributed by atoms with van der Waals surface area (Å²) in [6.07, 6.45) is -4.35. The van der Waals surface area contributed by atoms with E-state index < -0.39 is 39.7 Å². The van der Waals surface area contributed by atoms with Gasteiger partial charge in [-0.2, -0.15) is 34.8 Å². The van der Waals surface area contributed by atoms with E-state index in [2.05, 4.69) is 9.44 Å². The summed E-state index contributed by atoms with van der Waals surface area (Å²) in [7, 11) is -4.97. The molecule has 6 nitrogen and oxygen atoms in total. The predicted molar refractivity (Wildman–Crippen MR) is 76.0 cm³/mol. The number of halogens is 6. The summed E-state index contributed by atoms with van der Waals surface area (Å²) in [6, 6.07) is 4.14. The fraction of sp³-hybridized carbons (Fsp3) is 0.308. The second kappa shape index (κ2) is 6.70. The highest BCUT2D eigenvalue weighted by Crippen LogP contribution is 2.34. The quantitative estimate of drug-likeness (QED) is 0.333. The van der Waals surface area contributed by atoms with Gasteiger partial charge in [0.1, 0.15) is 18.1 Å². The first-order valence-electron chi connectivity index (χ1n) is 6.52. The summed E-state index contributed by atoms with van der Waals surface area (Å²) in [5.41, 5.74) is -8.45. The number of rotatable bonds is 4. The normalized spacial score (nSPS) is 15.7. The lowest BCUT2D eigenvalue weighted by Crippen LogP contribution is -2.31. The number of benzene rings is 1. The molecule has 0 bridgehead atoms. The van der Waals surface area contributed by atoms with Gasteiger partial charge in [-0.15, -0.1) is 0 Å². The molecule has 0 aliphatic carbocycles. The number of oxime groups is 1. The minimum absolute atomic E-state index is 0.155. The highest BCUT2D eigenvalue weighted by atomic mass is 32.2. The molecule has 0 N–H and O–H groups in total. The molecule has 0 amide bonds. The van der Waals surface area contributed by atoms with E-state index in [4.69, 9.17) is 9.47 Å². The third-order valence-electron chi connectivity index (χ3n) is 3.02. The van der Waals surface area contributed by atoms with E-state index >= 15 is 0 Å². The van der Waals surface area contributed by atoms with Crippen molar-refractivity contribution >= 4 is 21.9 Å². The van der Waals surface area contributed by atoms with Crippen molar-refractivity contribution in [1.82, 2.24) is 0 Å². The maximum atomic E-state index is 13.1. The summed E-state index contributed by atoms with van der Waals surface area (Å²) in [4.78, 5) is 0. The summed E-state index contributed by atoms with van der Waals surface area (Å²) in [5, 5.41) is 2.17. The lowest BCUT2D eigenvalue weighted by Gasteiger charge is -2.20. The van der Waals surface area contributed by atoms with Crippen LogP contribution < -0.4 is 9.47 Å². The molecule has 144 valence electrons. The van der Waals surface area contributed by atoms with Crippen molar-refractivity contribution in [2.45, 2.75) is 11.7 Å². The smallest absolute Gasteiger partial charge is 0.497 e. The number of alkyl halides is 6. The van der Waals surface area contributed by atoms with Crippen molar-refractivity contribution in [1.29, 1.82) is 0 Å². The van der Waals surface area contributed by atoms with Crippen LogP contribution in [0, 0.1) is 0 Å². The van der Waals surface area contributed by atoms with Crippen LogP contribution in [-0.2, 0) is 14.4 Å². The van der Waals surface area contributed by atoms with Gasteiger partial charge >= 0.3 is 21.8 Å². The van der Waals surface area contributed by atoms with Crippen molar-refractivity contribution in [3.8, 4) is 11.5 Å². The molecule has 1 aliphatic rings. The van der Waals surface area contributed by atoms with Crippen LogP contribution in [0.1, 0.15) is 5.56 Å². The van der Waals surface area contributed by atoms with E-state index in [1.165, 1.54) is 25.3 Å². The van der Waals surface area contributed by atoms with Crippen molar-refractivity contribution in [3.63, 3.8) is 0 Å². The van der Waals surface area contributed by atoms with Crippen molar-refractivity contribution in [3.05, 3.63) is 29.3 Å². The zero-order chi connectivity index (χ0) is 19.8. The molecule has 2 rings (SSSR count). The minimum Gasteiger partial charge on any atom is -0.497 e. The van der Waals surface area contributed by atoms with Gasteiger partial charge in [-0.25, -0.2) is 0 Å². The summed E-state index contributed by atoms with van der Waals surface area (Å²) >= 11 is 0. The maximum Gasteiger partial charge on any atom is 0.536 e. The molecule has 0 radical (unpaired) electrons. The average molecular weight is 405 g/mol. The number of ether oxygens (including phenoxy) is 2. The predicted octanol–water partition coefficient (Wildman–Crippen LogP) is 3.26. The Bertz CT molecular complexity index is 857. The van der Waals surface area contributed by atoms with Crippen molar-refractivity contribution in [2.24, 2.45) is 5.16 Å². The molecule has 0 spiro atoms. The standard InChI is InChI=1S/C13H9F6NO5S/c1-23-9-3-2-7-4-8(6-24-10(7)5-9)11(12(14,15)16)20-25-26(21,22)13(17,18)19/h2-5H,6H2,1H3/b20-11+. The van der Waals surface area contributed by atoms with Gasteiger partial charge in [0.25, 0.3) is 0 Å². The fourth-order valence-electron chi connectivity index (χ4n) is 1.83. The van der Waals surface area contributed by atoms with Crippen LogP contribution >= 0.6 is 0 Å². The Hall–Kier alpha value is -2.44. The number of fused-ring (bicyclic) bond motifs is 1. The van der Waals surface area contributed by atoms with E-state index in [0.717, 1.165) is 6.08 Å². The monoisotopic (exact) mass is 405 g/mol. The van der Waals surface area contributed by atoms with Crippen LogP contribution in [-0.4, -0.2) is 39.5 Å². The molecule has 13 heteroatoms. The Morgan fingerprint density at radius 2 is 1.85 bits per heavy atom. The van der Waals surface area contributed by atoms with Gasteiger partial charge in [0.05, 0.1) is 7.11 Å². The Morgan fingerprint density at radius 1 is 1.19 bits per heavy atom. The van der Waals surface area contributed by atoms with Gasteiger partial charge in [0.2, 0.25) is 0 Å². The molecule has 0 saturated heterocycles. The molecule has 0 atom stereocenters. The Kier molecular flexibility index (Phi) is 5.12. The lowest BCUT2D eigenvalue weighted by molar-refractivity contribution is -0.0637. The second-order valence-electron chi connectivity index (χ2n) is 4.77. The lowest BCUT2D eigenvalue weighted by atomic mass is 10.0. The first-order chi connectivity index (χ1) is 11.8. The van der Waals surface area contributed by atoms with E-state index in [-0.39, 0.29) is 11.3 Å². The molecule has 1 aromatic rings. The van der Waals surface area contributed by atoms with Crippen LogP contribution in [0.3, 0.4) is 0 Å². The van der Waals surface area contributed by atoms with E-state index in [1.54, 1.807) is 0 Å². The minimum atomic E-state index is -6.33. The highest BCUT2D eigenvalue weighted by molar-refractivity contribution is 7.87. The first kappa shape index (κ1) is 19.9. The highest BCUT2D eigenvalue weighted by Gasteiger charge is 2.50. The Balaban J connectivity index is 2.42. The topological polar surface area (TPSA) is 74.2 Å². The van der Waals surface area contributed by atoms with Crippen LogP contribution in [0.4, 0.5) is 26.3 Å². The van der Waals surface area contributed by atoms with Crippen LogP contribution in [0.15, 0.2) is 28.9 Å². The average Bonchev–Trinajstić information content (AvgIpc) is 2.52. The summed E-state index contributed by atoms with van der Waals surface area (Å²) < 4.78 is 110. The van der Waals surface area contributed by atoms with E-state index in [9.17, 15) is 34.8 Å². The second-order valence-corrected chi connectivity index (χ2v) is 6.29. The molecule has 26 heavy (non-hydrogen) atoms. The zero-order valence-corrected chi connectivity index (χ0v) is 13.5. The summed E-state index contributed by atoms with van der Waals surface area (Å²) in [5.74, 6) is 0.531. The van der Waals surface area contributed by atoms with Crippen molar-refractivity contribution in [2.75, 3.05) is 13.7 Å². The largest absolute Gasteiger partial charge is 0.536 e. The number of hydrogen-bond donors (Lipinski definition) is 0. The zero-order valence-electron chi connectivity index (χ0n) is 12.7. The van der Waals surface area contributed by atoms with Gasteiger partial charge in [0.15, 0.2) is 5.71 Å². The molecular formula is C13H9F6NO5S. The number of nitrogens with zero attached hydrogens (tertiary/aromatic N) is 1. The first-order valence-corrected chi connectivity index (χ1v) is 7.93. The number of hydrogen-bond acceptors (Lipinski definition) is 6. The van der Waals surface area contributed by atoms with Gasteiger partial charge in [-0.3, -0.25) is 4.28 Å². The molecule has 0 unspecified atom stereocenters. The molecule has 1 heterocycles. The summed E-state index contributed by atoms with van der Waals surface area (Å²) in [6.45, 7) is -0.728.